The van der Waals surface area contributed by atoms with Crippen molar-refractivity contribution in [3.05, 3.63) is 102 Å². The minimum Gasteiger partial charge on any atom is -0.252 e. The Labute approximate surface area is 210 Å². The molecular formula is C30H27N6+. The van der Waals surface area contributed by atoms with Crippen LogP contribution < -0.4 is 4.57 Å². The van der Waals surface area contributed by atoms with Crippen molar-refractivity contribution in [3.8, 4) is 28.5 Å². The number of para-hydroxylation sites is 1. The smallest absolute Gasteiger partial charge is 0.252 e. The molecular weight excluding hydrogens is 444 g/mol. The maximum atomic E-state index is 5.03. The molecule has 0 bridgehead atoms. The van der Waals surface area contributed by atoms with Crippen molar-refractivity contribution in [1.29, 1.82) is 0 Å². The quantitative estimate of drug-likeness (QED) is 0.289. The van der Waals surface area contributed by atoms with Crippen LogP contribution in [0.5, 0.6) is 0 Å². The molecule has 1 aromatic carbocycles. The first-order valence-corrected chi connectivity index (χ1v) is 11.9. The van der Waals surface area contributed by atoms with Gasteiger partial charge in [0.15, 0.2) is 11.5 Å². The molecule has 4 aromatic heterocycles. The monoisotopic (exact) mass is 471 g/mol. The highest BCUT2D eigenvalue weighted by molar-refractivity contribution is 5.90. The van der Waals surface area contributed by atoms with E-state index in [0.29, 0.717) is 5.82 Å². The molecule has 0 amide bonds. The fraction of sp³-hybridized carbons (Fsp3) is 0.133. The highest BCUT2D eigenvalue weighted by Crippen LogP contribution is 2.26. The van der Waals surface area contributed by atoms with Crippen LogP contribution in [0.2, 0.25) is 0 Å². The molecule has 0 aliphatic heterocycles. The van der Waals surface area contributed by atoms with Crippen molar-refractivity contribution in [1.82, 2.24) is 24.9 Å². The van der Waals surface area contributed by atoms with E-state index in [9.17, 15) is 0 Å². The van der Waals surface area contributed by atoms with Gasteiger partial charge in [0.05, 0.1) is 23.0 Å². The Kier molecular flexibility index (Phi) is 6.41. The molecule has 0 saturated heterocycles. The Balaban J connectivity index is 1.69. The van der Waals surface area contributed by atoms with Crippen LogP contribution >= 0.6 is 0 Å². The zero-order valence-corrected chi connectivity index (χ0v) is 20.8. The van der Waals surface area contributed by atoms with E-state index in [2.05, 4.69) is 32.7 Å². The van der Waals surface area contributed by atoms with Gasteiger partial charge < -0.3 is 0 Å². The van der Waals surface area contributed by atoms with Gasteiger partial charge in [-0.25, -0.2) is 9.97 Å². The first kappa shape index (κ1) is 23.2. The molecule has 0 aliphatic rings. The van der Waals surface area contributed by atoms with E-state index in [1.807, 2.05) is 94.6 Å². The van der Waals surface area contributed by atoms with E-state index in [4.69, 9.17) is 15.0 Å². The van der Waals surface area contributed by atoms with Crippen molar-refractivity contribution in [2.75, 3.05) is 0 Å². The standard InChI is InChI=1S/C30H27N6/c1-5-11-27-33-21(4)20(3)29(34-27)25-17-16-22(19-32-25)36-26-15-8-7-13-23(26)30(35-28(36)12-6-2)24-14-9-10-18-31-24/h5-19H,1-4H3/q+1. The van der Waals surface area contributed by atoms with E-state index in [1.54, 1.807) is 6.20 Å². The molecule has 4 heterocycles. The SMILES string of the molecule is CC=Cc1nc(C)c(C)c(-c2ccc(-[n+]3c(C=CC)nc(-c4ccccn4)c4ccccc43)cn2)n1. The summed E-state index contributed by atoms with van der Waals surface area (Å²) in [4.78, 5) is 23.7. The van der Waals surface area contributed by atoms with Gasteiger partial charge in [0.1, 0.15) is 11.2 Å². The number of hydrogen-bond donors (Lipinski definition) is 0. The zero-order chi connectivity index (χ0) is 25.1. The van der Waals surface area contributed by atoms with Gasteiger partial charge >= 0.3 is 5.82 Å². The minimum atomic E-state index is 0.687. The number of pyridine rings is 2. The number of benzene rings is 1. The topological polar surface area (TPSA) is 68.3 Å². The number of nitrogens with zero attached hydrogens (tertiary/aromatic N) is 6. The average Bonchev–Trinajstić information content (AvgIpc) is 2.91. The van der Waals surface area contributed by atoms with E-state index >= 15 is 0 Å². The van der Waals surface area contributed by atoms with Crippen LogP contribution in [-0.2, 0) is 0 Å². The Bertz CT molecular complexity index is 1600. The number of fused-ring (bicyclic) bond motifs is 1. The number of aromatic nitrogens is 6. The molecule has 0 aliphatic carbocycles. The van der Waals surface area contributed by atoms with E-state index in [1.165, 1.54) is 0 Å². The summed E-state index contributed by atoms with van der Waals surface area (Å²) >= 11 is 0. The lowest BCUT2D eigenvalue weighted by molar-refractivity contribution is -0.573. The van der Waals surface area contributed by atoms with Gasteiger partial charge in [-0.3, -0.25) is 9.97 Å². The Hall–Kier alpha value is -4.58. The largest absolute Gasteiger partial charge is 0.329 e. The third-order valence-corrected chi connectivity index (χ3v) is 6.05. The van der Waals surface area contributed by atoms with Gasteiger partial charge in [-0.1, -0.05) is 30.4 Å². The first-order valence-electron chi connectivity index (χ1n) is 11.9. The lowest BCUT2D eigenvalue weighted by Crippen LogP contribution is -2.37. The van der Waals surface area contributed by atoms with Crippen molar-refractivity contribution in [2.24, 2.45) is 0 Å². The van der Waals surface area contributed by atoms with Crippen molar-refractivity contribution < 1.29 is 4.57 Å². The van der Waals surface area contributed by atoms with Crippen molar-refractivity contribution in [2.45, 2.75) is 27.7 Å². The highest BCUT2D eigenvalue weighted by atomic mass is 15.1. The summed E-state index contributed by atoms with van der Waals surface area (Å²) in [5.74, 6) is 1.49. The predicted molar refractivity (Wildman–Crippen MR) is 144 cm³/mol. The number of hydrogen-bond acceptors (Lipinski definition) is 5. The molecule has 0 atom stereocenters. The van der Waals surface area contributed by atoms with Crippen LogP contribution in [0.3, 0.4) is 0 Å². The van der Waals surface area contributed by atoms with Gasteiger partial charge in [0.2, 0.25) is 5.69 Å². The highest BCUT2D eigenvalue weighted by Gasteiger charge is 2.23. The van der Waals surface area contributed by atoms with Crippen LogP contribution in [0.1, 0.15) is 36.8 Å². The molecule has 0 fully saturated rings. The number of allylic oxidation sites excluding steroid dienone is 2. The molecule has 0 unspecified atom stereocenters. The maximum absolute atomic E-state index is 5.03. The summed E-state index contributed by atoms with van der Waals surface area (Å²) in [7, 11) is 0. The van der Waals surface area contributed by atoms with Crippen molar-refractivity contribution in [3.63, 3.8) is 0 Å². The summed E-state index contributed by atoms with van der Waals surface area (Å²) in [6.45, 7) is 7.99. The molecule has 0 spiro atoms. The van der Waals surface area contributed by atoms with Gasteiger partial charge in [-0.05, 0) is 80.7 Å². The summed E-state index contributed by atoms with van der Waals surface area (Å²) in [6.07, 6.45) is 11.5. The molecule has 0 saturated carbocycles. The molecule has 6 nitrogen and oxygen atoms in total. The van der Waals surface area contributed by atoms with Crippen LogP contribution in [-0.4, -0.2) is 24.9 Å². The second-order valence-corrected chi connectivity index (χ2v) is 8.43. The fourth-order valence-corrected chi connectivity index (χ4v) is 4.23. The van der Waals surface area contributed by atoms with Crippen LogP contribution in [0.4, 0.5) is 0 Å². The number of aryl methyl sites for hydroxylation is 1. The van der Waals surface area contributed by atoms with Gasteiger partial charge in [0.25, 0.3) is 0 Å². The molecule has 0 radical (unpaired) electrons. The van der Waals surface area contributed by atoms with Crippen molar-refractivity contribution >= 4 is 23.1 Å². The van der Waals surface area contributed by atoms with Gasteiger partial charge in [-0.2, -0.15) is 4.57 Å². The molecule has 176 valence electrons. The lowest BCUT2D eigenvalue weighted by Gasteiger charge is -2.11. The second kappa shape index (κ2) is 9.96. The average molecular weight is 472 g/mol. The zero-order valence-electron chi connectivity index (χ0n) is 20.8. The molecule has 36 heavy (non-hydrogen) atoms. The summed E-state index contributed by atoms with van der Waals surface area (Å²) in [5, 5.41) is 1.02. The van der Waals surface area contributed by atoms with E-state index in [-0.39, 0.29) is 0 Å². The van der Waals surface area contributed by atoms with E-state index in [0.717, 1.165) is 56.4 Å². The van der Waals surface area contributed by atoms with Gasteiger partial charge in [0, 0.05) is 18.0 Å². The van der Waals surface area contributed by atoms with Crippen LogP contribution in [0, 0.1) is 13.8 Å². The maximum Gasteiger partial charge on any atom is 0.329 e. The molecule has 6 heteroatoms. The normalized spacial score (nSPS) is 11.7. The third-order valence-electron chi connectivity index (χ3n) is 6.05. The Morgan fingerprint density at radius 2 is 1.50 bits per heavy atom. The van der Waals surface area contributed by atoms with E-state index < -0.39 is 0 Å². The summed E-state index contributed by atoms with van der Waals surface area (Å²) < 4.78 is 2.13. The Morgan fingerprint density at radius 1 is 0.722 bits per heavy atom. The fourth-order valence-electron chi connectivity index (χ4n) is 4.23. The van der Waals surface area contributed by atoms with Crippen LogP contribution in [0.15, 0.2) is 79.1 Å². The van der Waals surface area contributed by atoms with Gasteiger partial charge in [-0.15, -0.1) is 0 Å². The van der Waals surface area contributed by atoms with Crippen LogP contribution in [0.25, 0.3) is 51.5 Å². The predicted octanol–water partition coefficient (Wildman–Crippen LogP) is 6.11. The second-order valence-electron chi connectivity index (χ2n) is 8.43. The Morgan fingerprint density at radius 3 is 2.22 bits per heavy atom. The molecule has 0 N–H and O–H groups in total. The third kappa shape index (κ3) is 4.29. The lowest BCUT2D eigenvalue weighted by atomic mass is 10.1. The summed E-state index contributed by atoms with van der Waals surface area (Å²) in [5.41, 5.74) is 7.26. The molecule has 5 aromatic rings. The first-order chi connectivity index (χ1) is 17.6. The number of rotatable bonds is 5. The molecule has 5 rings (SSSR count). The minimum absolute atomic E-state index is 0.687. The summed E-state index contributed by atoms with van der Waals surface area (Å²) in [6, 6.07) is 18.2.